The molecule has 0 aliphatic heterocycles. The molecule has 3 aromatic rings. The van der Waals surface area contributed by atoms with Crippen molar-refractivity contribution in [2.24, 2.45) is 0 Å². The summed E-state index contributed by atoms with van der Waals surface area (Å²) >= 11 is 0. The van der Waals surface area contributed by atoms with Gasteiger partial charge in [-0.05, 0) is 12.1 Å². The average Bonchev–Trinajstić information content (AvgIpc) is 2.62. The van der Waals surface area contributed by atoms with E-state index in [4.69, 9.17) is 0 Å². The third-order valence-corrected chi connectivity index (χ3v) is 3.29. The summed E-state index contributed by atoms with van der Waals surface area (Å²) in [6, 6.07) is 22.7. The van der Waals surface area contributed by atoms with Crippen LogP contribution in [0.5, 0.6) is 0 Å². The number of nitrogens with zero attached hydrogens (tertiary/aromatic N) is 1. The summed E-state index contributed by atoms with van der Waals surface area (Å²) in [4.78, 5) is 29.0. The normalized spacial score (nSPS) is 8.62. The number of hydrogen-bond donors (Lipinski definition) is 0. The zero-order valence-electron chi connectivity index (χ0n) is 13.5. The Labute approximate surface area is 181 Å². The standard InChI is InChI=1S/C19H13NO2.Al.3ClH/c21-18(14-8-3-1-4-9-14)16-12-7-13-17(20-16)19(22)15-10-5-2-6-11-15;;;;/h1-13H;;3*1H/q;+3;;;/p-3. The summed E-state index contributed by atoms with van der Waals surface area (Å²) < 4.78 is 0. The molecule has 0 N–H and O–H groups in total. The fourth-order valence-corrected chi connectivity index (χ4v) is 2.16. The van der Waals surface area contributed by atoms with E-state index in [-0.39, 0.29) is 77.5 Å². The average molecular weight is 421 g/mol. The van der Waals surface area contributed by atoms with Crippen molar-refractivity contribution in [1.29, 1.82) is 0 Å². The molecule has 130 valence electrons. The van der Waals surface area contributed by atoms with Gasteiger partial charge in [-0.1, -0.05) is 66.7 Å². The summed E-state index contributed by atoms with van der Waals surface area (Å²) in [5, 5.41) is 0. The first kappa shape index (κ1) is 26.6. The molecule has 0 radical (unpaired) electrons. The van der Waals surface area contributed by atoms with Crippen molar-refractivity contribution in [2.45, 2.75) is 0 Å². The molecule has 0 spiro atoms. The van der Waals surface area contributed by atoms with Gasteiger partial charge in [0.1, 0.15) is 11.4 Å². The van der Waals surface area contributed by atoms with Gasteiger partial charge in [-0.15, -0.1) is 0 Å². The van der Waals surface area contributed by atoms with Crippen molar-refractivity contribution in [2.75, 3.05) is 0 Å². The van der Waals surface area contributed by atoms with E-state index >= 15 is 0 Å². The number of pyridine rings is 1. The first-order valence-corrected chi connectivity index (χ1v) is 6.92. The number of aromatic nitrogens is 1. The molecule has 1 aromatic heterocycles. The largest absolute Gasteiger partial charge is 3.00 e. The van der Waals surface area contributed by atoms with E-state index in [1.165, 1.54) is 0 Å². The molecule has 0 amide bonds. The second-order valence-corrected chi connectivity index (χ2v) is 4.80. The number of benzene rings is 2. The minimum absolute atomic E-state index is 0. The molecule has 0 fully saturated rings. The van der Waals surface area contributed by atoms with Crippen LogP contribution in [0.2, 0.25) is 0 Å². The third kappa shape index (κ3) is 6.25. The molecule has 3 nitrogen and oxygen atoms in total. The first-order valence-electron chi connectivity index (χ1n) is 6.92. The number of halogens is 3. The molecule has 0 atom stereocenters. The SMILES string of the molecule is O=C(c1ccccc1)c1cccc(C(=O)c2ccccc2)n1.[Al+3].[Cl-].[Cl-].[Cl-]. The van der Waals surface area contributed by atoms with Crippen LogP contribution in [0.15, 0.2) is 78.9 Å². The Balaban J connectivity index is 0. The Bertz CT molecular complexity index is 764. The van der Waals surface area contributed by atoms with Gasteiger partial charge in [-0.3, -0.25) is 9.59 Å². The number of hydrogen-bond acceptors (Lipinski definition) is 3. The predicted molar refractivity (Wildman–Crippen MR) is 89.7 cm³/mol. The monoisotopic (exact) mass is 419 g/mol. The minimum atomic E-state index is -0.191. The van der Waals surface area contributed by atoms with Gasteiger partial charge in [0.15, 0.2) is 0 Å². The summed E-state index contributed by atoms with van der Waals surface area (Å²) in [6.45, 7) is 0. The molecule has 26 heavy (non-hydrogen) atoms. The molecule has 7 heteroatoms. The van der Waals surface area contributed by atoms with Gasteiger partial charge in [-0.2, -0.15) is 0 Å². The molecular formula is C19H13AlCl3NO2. The maximum atomic E-state index is 12.4. The molecule has 0 bridgehead atoms. The molecule has 0 unspecified atom stereocenters. The third-order valence-electron chi connectivity index (χ3n) is 3.29. The topological polar surface area (TPSA) is 47.0 Å². The van der Waals surface area contributed by atoms with Crippen LogP contribution in [-0.2, 0) is 0 Å². The molecular weight excluding hydrogens is 408 g/mol. The molecule has 2 aromatic carbocycles. The van der Waals surface area contributed by atoms with Crippen LogP contribution in [0.25, 0.3) is 0 Å². The Hall–Kier alpha value is -1.67. The van der Waals surface area contributed by atoms with Crippen LogP contribution in [-0.4, -0.2) is 33.9 Å². The Morgan fingerprint density at radius 1 is 0.538 bits per heavy atom. The molecule has 0 aliphatic rings. The Kier molecular flexibility index (Phi) is 12.9. The van der Waals surface area contributed by atoms with Gasteiger partial charge in [0.2, 0.25) is 11.6 Å². The van der Waals surface area contributed by atoms with Crippen LogP contribution in [0.1, 0.15) is 32.1 Å². The summed E-state index contributed by atoms with van der Waals surface area (Å²) in [5.74, 6) is -0.383. The van der Waals surface area contributed by atoms with E-state index in [1.807, 2.05) is 12.1 Å². The Morgan fingerprint density at radius 3 is 1.23 bits per heavy atom. The van der Waals surface area contributed by atoms with Crippen molar-refractivity contribution < 1.29 is 46.8 Å². The van der Waals surface area contributed by atoms with E-state index in [0.29, 0.717) is 11.1 Å². The fraction of sp³-hybridized carbons (Fsp3) is 0. The second-order valence-electron chi connectivity index (χ2n) is 4.80. The van der Waals surface area contributed by atoms with Gasteiger partial charge in [0.05, 0.1) is 0 Å². The van der Waals surface area contributed by atoms with Crippen LogP contribution in [0, 0.1) is 0 Å². The summed E-state index contributed by atoms with van der Waals surface area (Å²) in [6.07, 6.45) is 0. The molecule has 0 aliphatic carbocycles. The van der Waals surface area contributed by atoms with Gasteiger partial charge < -0.3 is 37.2 Å². The van der Waals surface area contributed by atoms with Gasteiger partial charge in [-0.25, -0.2) is 4.98 Å². The van der Waals surface area contributed by atoms with Crippen molar-refractivity contribution >= 4 is 28.9 Å². The van der Waals surface area contributed by atoms with Crippen LogP contribution in [0.4, 0.5) is 0 Å². The van der Waals surface area contributed by atoms with Crippen LogP contribution in [0.3, 0.4) is 0 Å². The van der Waals surface area contributed by atoms with Gasteiger partial charge >= 0.3 is 17.4 Å². The smallest absolute Gasteiger partial charge is 1.00 e. The predicted octanol–water partition coefficient (Wildman–Crippen LogP) is -5.83. The number of carbonyl (C=O) groups excluding carboxylic acids is 2. The summed E-state index contributed by atoms with van der Waals surface area (Å²) in [7, 11) is 0. The van der Waals surface area contributed by atoms with E-state index in [9.17, 15) is 9.59 Å². The fourth-order valence-electron chi connectivity index (χ4n) is 2.16. The van der Waals surface area contributed by atoms with E-state index in [2.05, 4.69) is 4.98 Å². The second kappa shape index (κ2) is 12.6. The van der Waals surface area contributed by atoms with E-state index in [1.54, 1.807) is 66.7 Å². The number of ketones is 2. The zero-order valence-corrected chi connectivity index (χ0v) is 16.9. The maximum Gasteiger partial charge on any atom is 3.00 e. The molecule has 1 heterocycles. The Morgan fingerprint density at radius 2 is 0.885 bits per heavy atom. The quantitative estimate of drug-likeness (QED) is 0.312. The zero-order chi connectivity index (χ0) is 15.4. The van der Waals surface area contributed by atoms with Crippen LogP contribution < -0.4 is 37.2 Å². The van der Waals surface area contributed by atoms with Crippen molar-refractivity contribution in [3.8, 4) is 0 Å². The summed E-state index contributed by atoms with van der Waals surface area (Å²) in [5.41, 5.74) is 1.65. The van der Waals surface area contributed by atoms with Gasteiger partial charge in [0.25, 0.3) is 0 Å². The van der Waals surface area contributed by atoms with Gasteiger partial charge in [0, 0.05) is 11.1 Å². The minimum Gasteiger partial charge on any atom is -1.00 e. The van der Waals surface area contributed by atoms with E-state index < -0.39 is 0 Å². The molecule has 0 saturated heterocycles. The van der Waals surface area contributed by atoms with Crippen molar-refractivity contribution in [3.05, 3.63) is 101 Å². The van der Waals surface area contributed by atoms with Crippen molar-refractivity contribution in [3.63, 3.8) is 0 Å². The maximum absolute atomic E-state index is 12.4. The number of rotatable bonds is 4. The van der Waals surface area contributed by atoms with Crippen LogP contribution >= 0.6 is 0 Å². The number of carbonyl (C=O) groups is 2. The molecule has 3 rings (SSSR count). The molecule has 0 saturated carbocycles. The van der Waals surface area contributed by atoms with E-state index in [0.717, 1.165) is 0 Å². The first-order chi connectivity index (χ1) is 10.8. The van der Waals surface area contributed by atoms with Crippen molar-refractivity contribution in [1.82, 2.24) is 4.98 Å².